The number of nitrogens with one attached hydrogen (secondary N) is 1. The number of anilines is 1. The van der Waals surface area contributed by atoms with Crippen molar-refractivity contribution in [2.24, 2.45) is 0 Å². The van der Waals surface area contributed by atoms with Gasteiger partial charge in [0.2, 0.25) is 0 Å². The predicted molar refractivity (Wildman–Crippen MR) is 79.4 cm³/mol. The molecule has 0 saturated heterocycles. The number of rotatable bonds is 4. The van der Waals surface area contributed by atoms with Crippen molar-refractivity contribution in [1.29, 1.82) is 0 Å². The quantitative estimate of drug-likeness (QED) is 0.875. The third kappa shape index (κ3) is 3.26. The van der Waals surface area contributed by atoms with Gasteiger partial charge in [-0.1, -0.05) is 26.0 Å². The summed E-state index contributed by atoms with van der Waals surface area (Å²) in [6.45, 7) is 5.69. The summed E-state index contributed by atoms with van der Waals surface area (Å²) in [4.78, 5) is 2.26. The number of nitrogens with zero attached hydrogens (tertiary/aromatic N) is 1. The van der Waals surface area contributed by atoms with Crippen LogP contribution < -0.4 is 5.32 Å². The van der Waals surface area contributed by atoms with Crippen molar-refractivity contribution in [1.82, 2.24) is 4.90 Å². The van der Waals surface area contributed by atoms with Gasteiger partial charge < -0.3 is 10.2 Å². The second kappa shape index (κ2) is 5.75. The summed E-state index contributed by atoms with van der Waals surface area (Å²) in [7, 11) is 4.29. The molecule has 100 valence electrons. The van der Waals surface area contributed by atoms with Gasteiger partial charge in [0.15, 0.2) is 0 Å². The van der Waals surface area contributed by atoms with Crippen LogP contribution in [-0.2, 0) is 6.42 Å². The molecule has 2 rings (SSSR count). The second-order valence-corrected chi connectivity index (χ2v) is 6.04. The van der Waals surface area contributed by atoms with E-state index < -0.39 is 0 Å². The molecule has 1 heterocycles. The molecule has 0 spiro atoms. The second-order valence-electron chi connectivity index (χ2n) is 6.04. The zero-order valence-corrected chi connectivity index (χ0v) is 12.2. The van der Waals surface area contributed by atoms with Crippen molar-refractivity contribution in [2.45, 2.75) is 45.1 Å². The van der Waals surface area contributed by atoms with Crippen molar-refractivity contribution < 1.29 is 0 Å². The molecule has 1 unspecified atom stereocenters. The number of fused-ring (bicyclic) bond motifs is 1. The monoisotopic (exact) mass is 246 g/mol. The van der Waals surface area contributed by atoms with Gasteiger partial charge in [-0.25, -0.2) is 0 Å². The van der Waals surface area contributed by atoms with E-state index in [1.807, 2.05) is 0 Å². The molecule has 1 aromatic carbocycles. The third-order valence-electron chi connectivity index (χ3n) is 3.84. The standard InChI is InChI=1S/C16H26N2/c1-12(2)13-6-8-16-14(11-13)5-7-15(17-16)9-10-18(3)4/h6,8,11-12,15,17H,5,7,9-10H2,1-4H3. The molecule has 0 amide bonds. The molecular formula is C16H26N2. The first kappa shape index (κ1) is 13.4. The summed E-state index contributed by atoms with van der Waals surface area (Å²) < 4.78 is 0. The Labute approximate surface area is 111 Å². The first-order chi connectivity index (χ1) is 8.56. The molecule has 0 radical (unpaired) electrons. The van der Waals surface area contributed by atoms with Gasteiger partial charge in [0.1, 0.15) is 0 Å². The minimum absolute atomic E-state index is 0.627. The topological polar surface area (TPSA) is 15.3 Å². The molecule has 0 aromatic heterocycles. The fraction of sp³-hybridized carbons (Fsp3) is 0.625. The Bertz CT molecular complexity index is 396. The number of benzene rings is 1. The zero-order chi connectivity index (χ0) is 13.1. The molecule has 1 atom stereocenters. The molecule has 0 saturated carbocycles. The summed E-state index contributed by atoms with van der Waals surface area (Å²) in [5.41, 5.74) is 4.32. The maximum Gasteiger partial charge on any atom is 0.0375 e. The molecule has 18 heavy (non-hydrogen) atoms. The van der Waals surface area contributed by atoms with Crippen LogP contribution in [-0.4, -0.2) is 31.6 Å². The van der Waals surface area contributed by atoms with E-state index in [2.05, 4.69) is 56.4 Å². The van der Waals surface area contributed by atoms with Crippen molar-refractivity contribution in [3.63, 3.8) is 0 Å². The van der Waals surface area contributed by atoms with E-state index >= 15 is 0 Å². The maximum atomic E-state index is 3.69. The molecule has 0 bridgehead atoms. The Morgan fingerprint density at radius 2 is 2.11 bits per heavy atom. The fourth-order valence-corrected chi connectivity index (χ4v) is 2.57. The molecule has 2 heteroatoms. The highest BCUT2D eigenvalue weighted by Crippen LogP contribution is 2.29. The summed E-state index contributed by atoms with van der Waals surface area (Å²) in [5.74, 6) is 0.627. The number of hydrogen-bond acceptors (Lipinski definition) is 2. The van der Waals surface area contributed by atoms with Crippen LogP contribution in [0.3, 0.4) is 0 Å². The van der Waals surface area contributed by atoms with Crippen molar-refractivity contribution in [2.75, 3.05) is 26.0 Å². The van der Waals surface area contributed by atoms with Gasteiger partial charge in [0.25, 0.3) is 0 Å². The maximum absolute atomic E-state index is 3.69. The average Bonchev–Trinajstić information content (AvgIpc) is 2.35. The average molecular weight is 246 g/mol. The molecule has 1 N–H and O–H groups in total. The molecule has 0 aliphatic carbocycles. The number of hydrogen-bond donors (Lipinski definition) is 1. The Morgan fingerprint density at radius 1 is 1.33 bits per heavy atom. The molecule has 2 nitrogen and oxygen atoms in total. The highest BCUT2D eigenvalue weighted by Gasteiger charge is 2.18. The van der Waals surface area contributed by atoms with Crippen molar-refractivity contribution in [3.8, 4) is 0 Å². The summed E-state index contributed by atoms with van der Waals surface area (Å²) in [6, 6.07) is 7.57. The van der Waals surface area contributed by atoms with Crippen LogP contribution >= 0.6 is 0 Å². The van der Waals surface area contributed by atoms with E-state index in [0.717, 1.165) is 6.54 Å². The minimum atomic E-state index is 0.627. The molecule has 0 fully saturated rings. The van der Waals surface area contributed by atoms with E-state index in [-0.39, 0.29) is 0 Å². The van der Waals surface area contributed by atoms with Gasteiger partial charge in [0, 0.05) is 11.7 Å². The first-order valence-corrected chi connectivity index (χ1v) is 7.10. The van der Waals surface area contributed by atoms with Gasteiger partial charge in [-0.2, -0.15) is 0 Å². The third-order valence-corrected chi connectivity index (χ3v) is 3.84. The largest absolute Gasteiger partial charge is 0.382 e. The highest BCUT2D eigenvalue weighted by molar-refractivity contribution is 5.55. The Balaban J connectivity index is 2.02. The fourth-order valence-electron chi connectivity index (χ4n) is 2.57. The minimum Gasteiger partial charge on any atom is -0.382 e. The lowest BCUT2D eigenvalue weighted by molar-refractivity contribution is 0.379. The Morgan fingerprint density at radius 3 is 2.78 bits per heavy atom. The Kier molecular flexibility index (Phi) is 4.28. The van der Waals surface area contributed by atoms with Crippen LogP contribution in [0.4, 0.5) is 5.69 Å². The van der Waals surface area contributed by atoms with Crippen LogP contribution in [0.15, 0.2) is 18.2 Å². The lowest BCUT2D eigenvalue weighted by Crippen LogP contribution is -2.29. The summed E-state index contributed by atoms with van der Waals surface area (Å²) >= 11 is 0. The van der Waals surface area contributed by atoms with Crippen molar-refractivity contribution in [3.05, 3.63) is 29.3 Å². The summed E-state index contributed by atoms with van der Waals surface area (Å²) in [6.07, 6.45) is 3.72. The van der Waals surface area contributed by atoms with Gasteiger partial charge in [0.05, 0.1) is 0 Å². The highest BCUT2D eigenvalue weighted by atomic mass is 15.1. The van der Waals surface area contributed by atoms with Crippen LogP contribution in [0, 0.1) is 0 Å². The SMILES string of the molecule is CC(C)c1ccc2c(c1)CCC(CCN(C)C)N2. The van der Waals surface area contributed by atoms with Crippen LogP contribution in [0.5, 0.6) is 0 Å². The molecule has 1 aromatic rings. The van der Waals surface area contributed by atoms with Crippen molar-refractivity contribution >= 4 is 5.69 Å². The normalized spacial score (nSPS) is 18.9. The first-order valence-electron chi connectivity index (χ1n) is 7.10. The van der Waals surface area contributed by atoms with Crippen LogP contribution in [0.2, 0.25) is 0 Å². The van der Waals surface area contributed by atoms with Gasteiger partial charge in [-0.3, -0.25) is 0 Å². The Hall–Kier alpha value is -1.02. The lowest BCUT2D eigenvalue weighted by atomic mass is 9.92. The zero-order valence-electron chi connectivity index (χ0n) is 12.2. The molecule has 1 aliphatic rings. The molecule has 1 aliphatic heterocycles. The summed E-state index contributed by atoms with van der Waals surface area (Å²) in [5, 5.41) is 3.69. The van der Waals surface area contributed by atoms with E-state index in [9.17, 15) is 0 Å². The van der Waals surface area contributed by atoms with Gasteiger partial charge in [-0.05, 0) is 63.0 Å². The smallest absolute Gasteiger partial charge is 0.0375 e. The van der Waals surface area contributed by atoms with Gasteiger partial charge >= 0.3 is 0 Å². The van der Waals surface area contributed by atoms with E-state index in [1.165, 1.54) is 36.1 Å². The van der Waals surface area contributed by atoms with E-state index in [4.69, 9.17) is 0 Å². The van der Waals surface area contributed by atoms with E-state index in [1.54, 1.807) is 0 Å². The molecular weight excluding hydrogens is 220 g/mol. The van der Waals surface area contributed by atoms with Crippen LogP contribution in [0.25, 0.3) is 0 Å². The van der Waals surface area contributed by atoms with Crippen LogP contribution in [0.1, 0.15) is 43.7 Å². The predicted octanol–water partition coefficient (Wildman–Crippen LogP) is 3.49. The lowest BCUT2D eigenvalue weighted by Gasteiger charge is -2.28. The number of aryl methyl sites for hydroxylation is 1. The van der Waals surface area contributed by atoms with Gasteiger partial charge in [-0.15, -0.1) is 0 Å². The van der Waals surface area contributed by atoms with E-state index in [0.29, 0.717) is 12.0 Å².